The smallest absolute Gasteiger partial charge is 0.284 e. The molecule has 27 heavy (non-hydrogen) atoms. The fourth-order valence-corrected chi connectivity index (χ4v) is 4.72. The summed E-state index contributed by atoms with van der Waals surface area (Å²) >= 11 is 0. The van der Waals surface area contributed by atoms with Crippen molar-refractivity contribution in [3.8, 4) is 0 Å². The first kappa shape index (κ1) is 20.3. The average Bonchev–Trinajstić information content (AvgIpc) is 2.64. The molecule has 2 fully saturated rings. The summed E-state index contributed by atoms with van der Waals surface area (Å²) in [5, 5.41) is 0. The van der Waals surface area contributed by atoms with Crippen LogP contribution < -0.4 is 14.7 Å². The standard InChI is InChI=1S/C19H31N5O2S/c1-17-4-6-18(7-5-17)27(25,26)20-19(24-14-10-22(3)11-15-24)16-23-12-8-21(2)9-13-23/h4-7H,8-16H2,1-3H3/p+3. The summed E-state index contributed by atoms with van der Waals surface area (Å²) in [4.78, 5) is 6.94. The lowest BCUT2D eigenvalue weighted by Gasteiger charge is -2.34. The molecule has 1 aromatic rings. The molecule has 3 N–H and O–H groups in total. The third-order valence-corrected chi connectivity index (χ3v) is 7.06. The molecule has 0 bridgehead atoms. The molecular formula is C19H34N5O2S+3. The number of likely N-dealkylation sites (N-methyl/N-ethyl adjacent to an activating group) is 2. The first-order chi connectivity index (χ1) is 12.8. The molecule has 2 aliphatic heterocycles. The Labute approximate surface area is 163 Å². The Morgan fingerprint density at radius 2 is 1.52 bits per heavy atom. The Morgan fingerprint density at radius 3 is 2.11 bits per heavy atom. The summed E-state index contributed by atoms with van der Waals surface area (Å²) in [7, 11) is 0.726. The molecule has 0 unspecified atom stereocenters. The van der Waals surface area contributed by atoms with E-state index in [2.05, 4.69) is 23.4 Å². The van der Waals surface area contributed by atoms with E-state index in [0.29, 0.717) is 6.54 Å². The van der Waals surface area contributed by atoms with Crippen LogP contribution in [0.25, 0.3) is 0 Å². The zero-order valence-electron chi connectivity index (χ0n) is 16.8. The molecule has 1 aromatic carbocycles. The molecule has 0 aromatic heterocycles. The molecule has 2 saturated heterocycles. The predicted octanol–water partition coefficient (Wildman–Crippen LogP) is -3.67. The minimum atomic E-state index is -3.68. The van der Waals surface area contributed by atoms with Gasteiger partial charge in [0, 0.05) is 0 Å². The summed E-state index contributed by atoms with van der Waals surface area (Å²) in [5.74, 6) is 0.734. The SMILES string of the molecule is Cc1ccc(S(=O)(=O)N=C(C[NH+]2CC[NH+](C)CC2)N2CC[NH+](C)CC2)cc1. The van der Waals surface area contributed by atoms with Crippen molar-refractivity contribution >= 4 is 15.9 Å². The number of aryl methyl sites for hydroxylation is 1. The van der Waals surface area contributed by atoms with Crippen molar-refractivity contribution in [1.82, 2.24) is 4.90 Å². The molecule has 0 amide bonds. The highest BCUT2D eigenvalue weighted by Crippen LogP contribution is 2.14. The van der Waals surface area contributed by atoms with Crippen LogP contribution in [-0.4, -0.2) is 92.2 Å². The van der Waals surface area contributed by atoms with E-state index in [1.54, 1.807) is 17.0 Å². The van der Waals surface area contributed by atoms with Crippen molar-refractivity contribution in [2.75, 3.05) is 73.0 Å². The van der Waals surface area contributed by atoms with Crippen LogP contribution in [0.1, 0.15) is 5.56 Å². The van der Waals surface area contributed by atoms with Crippen LogP contribution in [0.5, 0.6) is 0 Å². The third kappa shape index (κ3) is 5.51. The van der Waals surface area contributed by atoms with E-state index >= 15 is 0 Å². The van der Waals surface area contributed by atoms with Crippen LogP contribution in [-0.2, 0) is 10.0 Å². The molecule has 7 nitrogen and oxygen atoms in total. The maximum absolute atomic E-state index is 12.9. The van der Waals surface area contributed by atoms with Crippen molar-refractivity contribution in [2.24, 2.45) is 4.40 Å². The quantitative estimate of drug-likeness (QED) is 0.363. The van der Waals surface area contributed by atoms with Crippen LogP contribution in [0, 0.1) is 6.92 Å². The fraction of sp³-hybridized carbons (Fsp3) is 0.632. The summed E-state index contributed by atoms with van der Waals surface area (Å²) in [5.41, 5.74) is 1.05. The van der Waals surface area contributed by atoms with Crippen LogP contribution in [0.3, 0.4) is 0 Å². The van der Waals surface area contributed by atoms with Crippen LogP contribution in [0.4, 0.5) is 0 Å². The highest BCUT2D eigenvalue weighted by molar-refractivity contribution is 7.90. The summed E-state index contributed by atoms with van der Waals surface area (Å²) in [6.45, 7) is 10.8. The zero-order chi connectivity index (χ0) is 19.4. The van der Waals surface area contributed by atoms with Gasteiger partial charge in [0.15, 0.2) is 5.84 Å². The summed E-state index contributed by atoms with van der Waals surface area (Å²) in [6, 6.07) is 6.98. The third-order valence-electron chi connectivity index (χ3n) is 5.75. The van der Waals surface area contributed by atoms with Gasteiger partial charge in [-0.2, -0.15) is 8.42 Å². The van der Waals surface area contributed by atoms with Gasteiger partial charge in [-0.1, -0.05) is 17.7 Å². The minimum Gasteiger partial charge on any atom is -0.343 e. The lowest BCUT2D eigenvalue weighted by atomic mass is 10.2. The van der Waals surface area contributed by atoms with Gasteiger partial charge < -0.3 is 19.6 Å². The number of rotatable bonds is 4. The number of sulfonamides is 1. The van der Waals surface area contributed by atoms with E-state index in [0.717, 1.165) is 63.8 Å². The highest BCUT2D eigenvalue weighted by atomic mass is 32.2. The number of benzene rings is 1. The van der Waals surface area contributed by atoms with E-state index in [1.807, 2.05) is 19.1 Å². The van der Waals surface area contributed by atoms with Gasteiger partial charge >= 0.3 is 0 Å². The van der Waals surface area contributed by atoms with Gasteiger partial charge in [-0.15, -0.1) is 4.40 Å². The second-order valence-electron chi connectivity index (χ2n) is 8.12. The van der Waals surface area contributed by atoms with E-state index in [9.17, 15) is 8.42 Å². The van der Waals surface area contributed by atoms with Crippen LogP contribution >= 0.6 is 0 Å². The monoisotopic (exact) mass is 396 g/mol. The fourth-order valence-electron chi connectivity index (χ4n) is 3.68. The minimum absolute atomic E-state index is 0.281. The summed E-state index contributed by atoms with van der Waals surface area (Å²) in [6.07, 6.45) is 0. The first-order valence-electron chi connectivity index (χ1n) is 9.95. The number of nitrogens with zero attached hydrogens (tertiary/aromatic N) is 2. The maximum Gasteiger partial charge on any atom is 0.284 e. The lowest BCUT2D eigenvalue weighted by molar-refractivity contribution is -0.999. The van der Waals surface area contributed by atoms with Crippen molar-refractivity contribution in [3.05, 3.63) is 29.8 Å². The number of quaternary nitrogens is 3. The molecule has 3 rings (SSSR count). The zero-order valence-corrected chi connectivity index (χ0v) is 17.6. The number of amidine groups is 1. The molecule has 150 valence electrons. The Bertz CT molecular complexity index is 747. The molecular weight excluding hydrogens is 362 g/mol. The van der Waals surface area contributed by atoms with Gasteiger partial charge in [0.2, 0.25) is 0 Å². The van der Waals surface area contributed by atoms with E-state index in [1.165, 1.54) is 9.80 Å². The van der Waals surface area contributed by atoms with Gasteiger partial charge in [-0.05, 0) is 19.1 Å². The molecule has 0 saturated carbocycles. The number of hydrogen-bond donors (Lipinski definition) is 3. The molecule has 8 heteroatoms. The lowest BCUT2D eigenvalue weighted by Crippen LogP contribution is -3.27. The van der Waals surface area contributed by atoms with Crippen molar-refractivity contribution < 1.29 is 23.1 Å². The van der Waals surface area contributed by atoms with Crippen molar-refractivity contribution in [1.29, 1.82) is 0 Å². The Kier molecular flexibility index (Phi) is 6.52. The second kappa shape index (κ2) is 8.68. The number of nitrogens with one attached hydrogen (secondary N) is 3. The van der Waals surface area contributed by atoms with E-state index < -0.39 is 10.0 Å². The van der Waals surface area contributed by atoms with Gasteiger partial charge in [0.1, 0.15) is 32.7 Å². The first-order valence-corrected chi connectivity index (χ1v) is 11.4. The predicted molar refractivity (Wildman–Crippen MR) is 106 cm³/mol. The van der Waals surface area contributed by atoms with Crippen molar-refractivity contribution in [3.63, 3.8) is 0 Å². The molecule has 2 heterocycles. The maximum atomic E-state index is 12.9. The number of piperazine rings is 2. The normalized spacial score (nSPS) is 25.6. The Hall–Kier alpha value is -1.48. The van der Waals surface area contributed by atoms with Crippen LogP contribution in [0.2, 0.25) is 0 Å². The number of hydrogen-bond acceptors (Lipinski definition) is 2. The Morgan fingerprint density at radius 1 is 0.963 bits per heavy atom. The topological polar surface area (TPSA) is 63.1 Å². The highest BCUT2D eigenvalue weighted by Gasteiger charge is 2.28. The van der Waals surface area contributed by atoms with Gasteiger partial charge in [0.05, 0.1) is 45.2 Å². The summed E-state index contributed by atoms with van der Waals surface area (Å²) < 4.78 is 30.2. The van der Waals surface area contributed by atoms with Gasteiger partial charge in [0.25, 0.3) is 10.0 Å². The van der Waals surface area contributed by atoms with E-state index in [-0.39, 0.29) is 4.90 Å². The van der Waals surface area contributed by atoms with Crippen molar-refractivity contribution in [2.45, 2.75) is 11.8 Å². The largest absolute Gasteiger partial charge is 0.343 e. The molecule has 0 atom stereocenters. The average molecular weight is 397 g/mol. The van der Waals surface area contributed by atoms with Crippen LogP contribution in [0.15, 0.2) is 33.6 Å². The molecule has 0 radical (unpaired) electrons. The molecule has 0 aliphatic carbocycles. The van der Waals surface area contributed by atoms with Gasteiger partial charge in [-0.3, -0.25) is 0 Å². The van der Waals surface area contributed by atoms with E-state index in [4.69, 9.17) is 0 Å². The molecule has 2 aliphatic rings. The van der Waals surface area contributed by atoms with Gasteiger partial charge in [-0.25, -0.2) is 0 Å². The molecule has 0 spiro atoms. The Balaban J connectivity index is 1.83. The second-order valence-corrected chi connectivity index (χ2v) is 9.73.